The summed E-state index contributed by atoms with van der Waals surface area (Å²) in [4.78, 5) is 12.1. The van der Waals surface area contributed by atoms with Gasteiger partial charge in [0.25, 0.3) is 0 Å². The number of aliphatic hydroxyl groups is 1. The van der Waals surface area contributed by atoms with Crippen molar-refractivity contribution in [2.24, 2.45) is 0 Å². The SMILES string of the molecule is O=C(Cn1cc(CO)c2ccccc21)NC1CCCC1. The molecule has 1 aromatic carbocycles. The molecule has 3 rings (SSSR count). The van der Waals surface area contributed by atoms with Crippen LogP contribution in [0.5, 0.6) is 0 Å². The molecule has 106 valence electrons. The zero-order valence-electron chi connectivity index (χ0n) is 11.5. The van der Waals surface area contributed by atoms with E-state index in [2.05, 4.69) is 5.32 Å². The fourth-order valence-electron chi connectivity index (χ4n) is 3.08. The molecular formula is C16H20N2O2. The lowest BCUT2D eigenvalue weighted by atomic mass is 10.2. The zero-order valence-corrected chi connectivity index (χ0v) is 11.5. The number of fused-ring (bicyclic) bond motifs is 1. The van der Waals surface area contributed by atoms with Crippen LogP contribution in [0.3, 0.4) is 0 Å². The molecular weight excluding hydrogens is 252 g/mol. The maximum atomic E-state index is 12.1. The van der Waals surface area contributed by atoms with Crippen molar-refractivity contribution >= 4 is 16.8 Å². The van der Waals surface area contributed by atoms with Gasteiger partial charge in [0, 0.05) is 28.7 Å². The number of aliphatic hydroxyl groups excluding tert-OH is 1. The molecule has 2 aromatic rings. The first kappa shape index (κ1) is 13.2. The zero-order chi connectivity index (χ0) is 13.9. The highest BCUT2D eigenvalue weighted by molar-refractivity contribution is 5.86. The second-order valence-electron chi connectivity index (χ2n) is 5.51. The monoisotopic (exact) mass is 272 g/mol. The lowest BCUT2D eigenvalue weighted by Crippen LogP contribution is -2.35. The Labute approximate surface area is 118 Å². The second kappa shape index (κ2) is 5.67. The van der Waals surface area contributed by atoms with Gasteiger partial charge in [-0.25, -0.2) is 0 Å². The number of carbonyl (C=O) groups excluding carboxylic acids is 1. The quantitative estimate of drug-likeness (QED) is 0.896. The van der Waals surface area contributed by atoms with E-state index in [1.165, 1.54) is 12.8 Å². The molecule has 1 aliphatic rings. The Morgan fingerprint density at radius 1 is 1.30 bits per heavy atom. The van der Waals surface area contributed by atoms with Crippen LogP contribution in [-0.2, 0) is 17.9 Å². The third-order valence-corrected chi connectivity index (χ3v) is 4.08. The lowest BCUT2D eigenvalue weighted by Gasteiger charge is -2.12. The number of nitrogens with one attached hydrogen (secondary N) is 1. The van der Waals surface area contributed by atoms with Crippen molar-refractivity contribution in [3.05, 3.63) is 36.0 Å². The summed E-state index contributed by atoms with van der Waals surface area (Å²) in [6.45, 7) is 0.314. The van der Waals surface area contributed by atoms with Gasteiger partial charge in [0.1, 0.15) is 6.54 Å². The second-order valence-corrected chi connectivity index (χ2v) is 5.51. The van der Waals surface area contributed by atoms with Crippen LogP contribution in [-0.4, -0.2) is 21.6 Å². The van der Waals surface area contributed by atoms with E-state index in [9.17, 15) is 9.90 Å². The van der Waals surface area contributed by atoms with Crippen LogP contribution in [0.2, 0.25) is 0 Å². The van der Waals surface area contributed by atoms with E-state index in [-0.39, 0.29) is 12.5 Å². The molecule has 0 radical (unpaired) electrons. The minimum atomic E-state index is -0.00222. The highest BCUT2D eigenvalue weighted by Crippen LogP contribution is 2.21. The Kier molecular flexibility index (Phi) is 3.74. The van der Waals surface area contributed by atoms with Crippen LogP contribution < -0.4 is 5.32 Å². The Bertz CT molecular complexity index is 612. The van der Waals surface area contributed by atoms with Crippen LogP contribution in [0.15, 0.2) is 30.5 Å². The molecule has 1 aromatic heterocycles. The van der Waals surface area contributed by atoms with Gasteiger partial charge in [0.05, 0.1) is 6.61 Å². The topological polar surface area (TPSA) is 54.3 Å². The highest BCUT2D eigenvalue weighted by Gasteiger charge is 2.17. The molecule has 2 N–H and O–H groups in total. The molecule has 1 fully saturated rings. The summed E-state index contributed by atoms with van der Waals surface area (Å²) in [5.74, 6) is 0.0575. The minimum Gasteiger partial charge on any atom is -0.392 e. The van der Waals surface area contributed by atoms with Crippen molar-refractivity contribution < 1.29 is 9.90 Å². The van der Waals surface area contributed by atoms with Gasteiger partial charge in [-0.1, -0.05) is 31.0 Å². The van der Waals surface area contributed by atoms with Crippen LogP contribution >= 0.6 is 0 Å². The lowest BCUT2D eigenvalue weighted by molar-refractivity contribution is -0.122. The van der Waals surface area contributed by atoms with E-state index >= 15 is 0 Å². The van der Waals surface area contributed by atoms with Crippen LogP contribution in [0.4, 0.5) is 0 Å². The first-order chi connectivity index (χ1) is 9.78. The summed E-state index contributed by atoms with van der Waals surface area (Å²) in [5, 5.41) is 13.5. The molecule has 1 heterocycles. The first-order valence-corrected chi connectivity index (χ1v) is 7.25. The van der Waals surface area contributed by atoms with Crippen molar-refractivity contribution in [3.8, 4) is 0 Å². The van der Waals surface area contributed by atoms with Crippen LogP contribution in [0.1, 0.15) is 31.2 Å². The third-order valence-electron chi connectivity index (χ3n) is 4.08. The molecule has 0 atom stereocenters. The average Bonchev–Trinajstić information content (AvgIpc) is 3.07. The number of hydrogen-bond donors (Lipinski definition) is 2. The molecule has 0 unspecified atom stereocenters. The number of amides is 1. The van der Waals surface area contributed by atoms with Gasteiger partial charge in [0.15, 0.2) is 0 Å². The standard InChI is InChI=1S/C16H20N2O2/c19-11-12-9-18(15-8-4-3-7-14(12)15)10-16(20)17-13-5-1-2-6-13/h3-4,7-9,13,19H,1-2,5-6,10-11H2,(H,17,20). The Morgan fingerprint density at radius 2 is 2.05 bits per heavy atom. The highest BCUT2D eigenvalue weighted by atomic mass is 16.3. The van der Waals surface area contributed by atoms with Crippen LogP contribution in [0, 0.1) is 0 Å². The number of aromatic nitrogens is 1. The molecule has 4 heteroatoms. The Morgan fingerprint density at radius 3 is 2.80 bits per heavy atom. The molecule has 0 spiro atoms. The Balaban J connectivity index is 1.78. The van der Waals surface area contributed by atoms with Gasteiger partial charge in [0.2, 0.25) is 5.91 Å². The third kappa shape index (κ3) is 2.56. The average molecular weight is 272 g/mol. The summed E-state index contributed by atoms with van der Waals surface area (Å²) >= 11 is 0. The van der Waals surface area contributed by atoms with Gasteiger partial charge in [-0.2, -0.15) is 0 Å². The number of para-hydroxylation sites is 1. The van der Waals surface area contributed by atoms with E-state index in [1.54, 1.807) is 0 Å². The van der Waals surface area contributed by atoms with Crippen LogP contribution in [0.25, 0.3) is 10.9 Å². The smallest absolute Gasteiger partial charge is 0.240 e. The van der Waals surface area contributed by atoms with Crippen molar-refractivity contribution in [3.63, 3.8) is 0 Å². The number of carbonyl (C=O) groups is 1. The fraction of sp³-hybridized carbons (Fsp3) is 0.438. The van der Waals surface area contributed by atoms with Gasteiger partial charge in [-0.15, -0.1) is 0 Å². The van der Waals surface area contributed by atoms with Crippen molar-refractivity contribution in [1.82, 2.24) is 9.88 Å². The van der Waals surface area contributed by atoms with Gasteiger partial charge >= 0.3 is 0 Å². The Hall–Kier alpha value is -1.81. The fourth-order valence-corrected chi connectivity index (χ4v) is 3.08. The summed E-state index contributed by atoms with van der Waals surface area (Å²) in [6, 6.07) is 8.21. The molecule has 1 saturated carbocycles. The largest absolute Gasteiger partial charge is 0.392 e. The molecule has 1 amide bonds. The van der Waals surface area contributed by atoms with Gasteiger partial charge in [-0.3, -0.25) is 4.79 Å². The van der Waals surface area contributed by atoms with E-state index in [4.69, 9.17) is 0 Å². The number of nitrogens with zero attached hydrogens (tertiary/aromatic N) is 1. The number of rotatable bonds is 4. The molecule has 4 nitrogen and oxygen atoms in total. The molecule has 20 heavy (non-hydrogen) atoms. The van der Waals surface area contributed by atoms with E-state index in [0.29, 0.717) is 12.6 Å². The van der Waals surface area contributed by atoms with Gasteiger partial charge in [-0.05, 0) is 18.9 Å². The first-order valence-electron chi connectivity index (χ1n) is 7.25. The van der Waals surface area contributed by atoms with Crippen molar-refractivity contribution in [1.29, 1.82) is 0 Å². The summed E-state index contributed by atoms with van der Waals surface area (Å²) in [7, 11) is 0. The van der Waals surface area contributed by atoms with E-state index in [0.717, 1.165) is 29.3 Å². The minimum absolute atomic E-state index is 0.00222. The number of benzene rings is 1. The maximum absolute atomic E-state index is 12.1. The van der Waals surface area contributed by atoms with Crippen molar-refractivity contribution in [2.75, 3.05) is 0 Å². The molecule has 0 aliphatic heterocycles. The predicted octanol–water partition coefficient (Wildman–Crippen LogP) is 2.19. The van der Waals surface area contributed by atoms with E-state index < -0.39 is 0 Å². The number of hydrogen-bond acceptors (Lipinski definition) is 2. The summed E-state index contributed by atoms with van der Waals surface area (Å²) < 4.78 is 1.92. The van der Waals surface area contributed by atoms with E-state index in [1.807, 2.05) is 35.0 Å². The molecule has 0 saturated heterocycles. The maximum Gasteiger partial charge on any atom is 0.240 e. The molecule has 1 aliphatic carbocycles. The van der Waals surface area contributed by atoms with Gasteiger partial charge < -0.3 is 15.0 Å². The normalized spacial score (nSPS) is 15.8. The van der Waals surface area contributed by atoms with Crippen molar-refractivity contribution in [2.45, 2.75) is 44.9 Å². The molecule has 0 bridgehead atoms. The predicted molar refractivity (Wildman–Crippen MR) is 78.3 cm³/mol. The summed E-state index contributed by atoms with van der Waals surface area (Å²) in [5.41, 5.74) is 1.87. The summed E-state index contributed by atoms with van der Waals surface area (Å²) in [6.07, 6.45) is 6.50.